The molecule has 0 heterocycles. The van der Waals surface area contributed by atoms with Gasteiger partial charge in [0.15, 0.2) is 0 Å². The van der Waals surface area contributed by atoms with Crippen molar-refractivity contribution in [3.63, 3.8) is 0 Å². The Kier molecular flexibility index (Phi) is 3.45. The summed E-state index contributed by atoms with van der Waals surface area (Å²) >= 11 is 0. The number of hydrogen-bond donors (Lipinski definition) is 1. The fourth-order valence-corrected chi connectivity index (χ4v) is 1.89. The van der Waals surface area contributed by atoms with Gasteiger partial charge in [-0.1, -0.05) is 43.0 Å². The number of benzene rings is 2. The minimum atomic E-state index is -0.0125. The van der Waals surface area contributed by atoms with Gasteiger partial charge >= 0.3 is 0 Å². The Morgan fingerprint density at radius 2 is 2.06 bits per heavy atom. The van der Waals surface area contributed by atoms with Crippen LogP contribution in [0.1, 0.15) is 12.5 Å². The molecule has 2 aromatic carbocycles. The van der Waals surface area contributed by atoms with Crippen molar-refractivity contribution < 1.29 is 4.74 Å². The van der Waals surface area contributed by atoms with Crippen LogP contribution in [0.2, 0.25) is 0 Å². The average molecular weight is 227 g/mol. The SMILES string of the molecule is C=CC(C)Oc1ccc2ccccc2c1CN. The maximum Gasteiger partial charge on any atom is 0.125 e. The minimum Gasteiger partial charge on any atom is -0.486 e. The monoisotopic (exact) mass is 227 g/mol. The molecule has 88 valence electrons. The second kappa shape index (κ2) is 5.02. The molecule has 0 bridgehead atoms. The molecule has 2 rings (SSSR count). The number of rotatable bonds is 4. The molecule has 17 heavy (non-hydrogen) atoms. The van der Waals surface area contributed by atoms with Crippen molar-refractivity contribution >= 4 is 10.8 Å². The van der Waals surface area contributed by atoms with E-state index >= 15 is 0 Å². The second-order valence-electron chi connectivity index (χ2n) is 4.03. The molecular formula is C15H17NO. The van der Waals surface area contributed by atoms with Crippen molar-refractivity contribution in [3.8, 4) is 5.75 Å². The summed E-state index contributed by atoms with van der Waals surface area (Å²) < 4.78 is 5.80. The molecule has 0 aliphatic rings. The Morgan fingerprint density at radius 3 is 2.76 bits per heavy atom. The van der Waals surface area contributed by atoms with Crippen LogP contribution in [0.25, 0.3) is 10.8 Å². The highest BCUT2D eigenvalue weighted by molar-refractivity contribution is 5.87. The van der Waals surface area contributed by atoms with E-state index in [1.807, 2.05) is 25.1 Å². The van der Waals surface area contributed by atoms with E-state index in [9.17, 15) is 0 Å². The van der Waals surface area contributed by atoms with Gasteiger partial charge in [0.2, 0.25) is 0 Å². The summed E-state index contributed by atoms with van der Waals surface area (Å²) in [4.78, 5) is 0. The van der Waals surface area contributed by atoms with Crippen molar-refractivity contribution in [2.75, 3.05) is 0 Å². The van der Waals surface area contributed by atoms with Crippen molar-refractivity contribution in [2.24, 2.45) is 5.73 Å². The fourth-order valence-electron chi connectivity index (χ4n) is 1.89. The molecule has 0 saturated heterocycles. The third-order valence-electron chi connectivity index (χ3n) is 2.85. The van der Waals surface area contributed by atoms with E-state index in [4.69, 9.17) is 10.5 Å². The molecule has 2 aromatic rings. The van der Waals surface area contributed by atoms with E-state index < -0.39 is 0 Å². The molecule has 0 saturated carbocycles. The van der Waals surface area contributed by atoms with Crippen LogP contribution in [0.5, 0.6) is 5.75 Å². The first-order valence-corrected chi connectivity index (χ1v) is 5.76. The van der Waals surface area contributed by atoms with Crippen molar-refractivity contribution in [3.05, 3.63) is 54.6 Å². The Balaban J connectivity index is 2.52. The summed E-state index contributed by atoms with van der Waals surface area (Å²) in [5.41, 5.74) is 6.88. The largest absolute Gasteiger partial charge is 0.486 e. The van der Waals surface area contributed by atoms with Gasteiger partial charge in [0, 0.05) is 12.1 Å². The van der Waals surface area contributed by atoms with Crippen LogP contribution in [0.4, 0.5) is 0 Å². The first-order chi connectivity index (χ1) is 8.26. The summed E-state index contributed by atoms with van der Waals surface area (Å²) in [6, 6.07) is 12.2. The summed E-state index contributed by atoms with van der Waals surface area (Å²) in [6.07, 6.45) is 1.76. The van der Waals surface area contributed by atoms with Crippen molar-refractivity contribution in [1.82, 2.24) is 0 Å². The molecule has 2 nitrogen and oxygen atoms in total. The highest BCUT2D eigenvalue weighted by Gasteiger charge is 2.08. The van der Waals surface area contributed by atoms with Gasteiger partial charge in [0.05, 0.1) is 0 Å². The van der Waals surface area contributed by atoms with Crippen LogP contribution in [0.3, 0.4) is 0 Å². The molecule has 0 aliphatic heterocycles. The summed E-state index contributed by atoms with van der Waals surface area (Å²) in [6.45, 7) is 6.15. The maximum absolute atomic E-state index is 5.83. The van der Waals surface area contributed by atoms with Crippen LogP contribution >= 0.6 is 0 Å². The van der Waals surface area contributed by atoms with E-state index in [0.717, 1.165) is 16.7 Å². The van der Waals surface area contributed by atoms with E-state index in [1.165, 1.54) is 5.39 Å². The van der Waals surface area contributed by atoms with Gasteiger partial charge < -0.3 is 10.5 Å². The van der Waals surface area contributed by atoms with Gasteiger partial charge in [-0.3, -0.25) is 0 Å². The standard InChI is InChI=1S/C15H17NO/c1-3-11(2)17-15-9-8-12-6-4-5-7-13(12)14(15)10-16/h3-9,11H,1,10,16H2,2H3. The molecular weight excluding hydrogens is 210 g/mol. The summed E-state index contributed by atoms with van der Waals surface area (Å²) in [7, 11) is 0. The quantitative estimate of drug-likeness (QED) is 0.814. The Labute approximate surface area is 102 Å². The normalized spacial score (nSPS) is 12.4. The van der Waals surface area contributed by atoms with Crippen LogP contribution in [0.15, 0.2) is 49.1 Å². The molecule has 0 spiro atoms. The third-order valence-corrected chi connectivity index (χ3v) is 2.85. The Morgan fingerprint density at radius 1 is 1.29 bits per heavy atom. The van der Waals surface area contributed by atoms with E-state index in [0.29, 0.717) is 6.54 Å². The Bertz CT molecular complexity index is 533. The molecule has 0 aromatic heterocycles. The zero-order valence-corrected chi connectivity index (χ0v) is 10.0. The van der Waals surface area contributed by atoms with Crippen LogP contribution < -0.4 is 10.5 Å². The van der Waals surface area contributed by atoms with Gasteiger partial charge in [0.1, 0.15) is 11.9 Å². The number of fused-ring (bicyclic) bond motifs is 1. The van der Waals surface area contributed by atoms with Crippen molar-refractivity contribution in [2.45, 2.75) is 19.6 Å². The maximum atomic E-state index is 5.83. The third kappa shape index (κ3) is 2.32. The predicted molar refractivity (Wildman–Crippen MR) is 72.1 cm³/mol. The highest BCUT2D eigenvalue weighted by atomic mass is 16.5. The van der Waals surface area contributed by atoms with Gasteiger partial charge in [-0.05, 0) is 23.8 Å². The summed E-state index contributed by atoms with van der Waals surface area (Å²) in [5, 5.41) is 2.34. The fraction of sp³-hybridized carbons (Fsp3) is 0.200. The molecule has 1 unspecified atom stereocenters. The lowest BCUT2D eigenvalue weighted by atomic mass is 10.0. The van der Waals surface area contributed by atoms with Crippen LogP contribution in [-0.4, -0.2) is 6.10 Å². The first kappa shape index (κ1) is 11.7. The number of nitrogens with two attached hydrogens (primary N) is 1. The zero-order chi connectivity index (χ0) is 12.3. The predicted octanol–water partition coefficient (Wildman–Crippen LogP) is 3.25. The van der Waals surface area contributed by atoms with E-state index in [1.54, 1.807) is 6.08 Å². The molecule has 0 amide bonds. The lowest BCUT2D eigenvalue weighted by molar-refractivity contribution is 0.268. The molecule has 0 fully saturated rings. The molecule has 2 heteroatoms. The molecule has 0 aliphatic carbocycles. The zero-order valence-electron chi connectivity index (χ0n) is 10.0. The lowest BCUT2D eigenvalue weighted by Crippen LogP contribution is -2.10. The topological polar surface area (TPSA) is 35.2 Å². The van der Waals surface area contributed by atoms with Gasteiger partial charge in [-0.2, -0.15) is 0 Å². The van der Waals surface area contributed by atoms with Gasteiger partial charge in [-0.15, -0.1) is 0 Å². The first-order valence-electron chi connectivity index (χ1n) is 5.76. The lowest BCUT2D eigenvalue weighted by Gasteiger charge is -2.15. The second-order valence-corrected chi connectivity index (χ2v) is 4.03. The van der Waals surface area contributed by atoms with Gasteiger partial charge in [0.25, 0.3) is 0 Å². The van der Waals surface area contributed by atoms with Crippen molar-refractivity contribution in [1.29, 1.82) is 0 Å². The highest BCUT2D eigenvalue weighted by Crippen LogP contribution is 2.28. The molecule has 0 radical (unpaired) electrons. The average Bonchev–Trinajstić information content (AvgIpc) is 2.38. The van der Waals surface area contributed by atoms with Crippen LogP contribution in [-0.2, 0) is 6.54 Å². The smallest absolute Gasteiger partial charge is 0.125 e. The molecule has 1 atom stereocenters. The molecule has 2 N–H and O–H groups in total. The minimum absolute atomic E-state index is 0.0125. The Hall–Kier alpha value is -1.80. The summed E-state index contributed by atoms with van der Waals surface area (Å²) in [5.74, 6) is 0.846. The van der Waals surface area contributed by atoms with E-state index in [2.05, 4.69) is 24.8 Å². The van der Waals surface area contributed by atoms with Crippen LogP contribution in [0, 0.1) is 0 Å². The number of ether oxygens (including phenoxy) is 1. The van der Waals surface area contributed by atoms with Gasteiger partial charge in [-0.25, -0.2) is 0 Å². The number of hydrogen-bond acceptors (Lipinski definition) is 2. The van der Waals surface area contributed by atoms with E-state index in [-0.39, 0.29) is 6.10 Å².